The van der Waals surface area contributed by atoms with E-state index in [4.69, 9.17) is 4.74 Å². The monoisotopic (exact) mass is 284 g/mol. The molecule has 0 aromatic carbocycles. The van der Waals surface area contributed by atoms with Gasteiger partial charge in [-0.1, -0.05) is 0 Å². The lowest BCUT2D eigenvalue weighted by molar-refractivity contribution is -0.0213. The summed E-state index contributed by atoms with van der Waals surface area (Å²) in [5.41, 5.74) is -0.556. The molecule has 1 N–H and O–H groups in total. The zero-order valence-electron chi connectivity index (χ0n) is 11.3. The molecule has 0 aromatic heterocycles. The topological polar surface area (TPSA) is 91.3 Å². The highest BCUT2D eigenvalue weighted by Gasteiger charge is 2.24. The van der Waals surface area contributed by atoms with E-state index in [-0.39, 0.29) is 6.10 Å². The van der Waals surface area contributed by atoms with Crippen molar-refractivity contribution in [1.82, 2.24) is 0 Å². The van der Waals surface area contributed by atoms with Crippen LogP contribution in [0.2, 0.25) is 0 Å². The van der Waals surface area contributed by atoms with Gasteiger partial charge in [0.2, 0.25) is 6.79 Å². The van der Waals surface area contributed by atoms with Crippen LogP contribution in [0.3, 0.4) is 0 Å². The van der Waals surface area contributed by atoms with Crippen molar-refractivity contribution in [3.8, 4) is 0 Å². The zero-order valence-corrected chi connectivity index (χ0v) is 12.2. The highest BCUT2D eigenvalue weighted by Crippen LogP contribution is 2.42. The van der Waals surface area contributed by atoms with Crippen LogP contribution in [-0.4, -0.2) is 35.9 Å². The molecule has 0 aromatic rings. The lowest BCUT2D eigenvalue weighted by Crippen LogP contribution is -2.20. The van der Waals surface area contributed by atoms with Gasteiger partial charge >= 0.3 is 13.8 Å². The van der Waals surface area contributed by atoms with Crippen molar-refractivity contribution in [3.63, 3.8) is 0 Å². The quantitative estimate of drug-likeness (QED) is 0.455. The van der Waals surface area contributed by atoms with Crippen LogP contribution in [-0.2, 0) is 23.3 Å². The van der Waals surface area contributed by atoms with E-state index in [1.165, 1.54) is 0 Å². The molecule has 18 heavy (non-hydrogen) atoms. The van der Waals surface area contributed by atoms with Crippen molar-refractivity contribution in [2.75, 3.05) is 13.1 Å². The summed E-state index contributed by atoms with van der Waals surface area (Å²) in [7, 11) is -3.93. The summed E-state index contributed by atoms with van der Waals surface area (Å²) in [5, 5.41) is 0. The molecular weight excluding hydrogens is 263 g/mol. The fraction of sp³-hybridized carbons (Fsp3) is 0.900. The van der Waals surface area contributed by atoms with Crippen LogP contribution in [0.4, 0.5) is 4.79 Å². The van der Waals surface area contributed by atoms with Gasteiger partial charge in [0, 0.05) is 0 Å². The molecule has 0 aliphatic rings. The smallest absolute Gasteiger partial charge is 0.432 e. The Labute approximate surface area is 107 Å². The summed E-state index contributed by atoms with van der Waals surface area (Å²) in [5.74, 6) is 0. The van der Waals surface area contributed by atoms with E-state index < -0.39 is 32.5 Å². The van der Waals surface area contributed by atoms with E-state index in [0.717, 1.165) is 0 Å². The SMILES string of the molecule is CC(C)OC(=O)OCOP(=O)(O)COC(C)(C)C. The Bertz CT molecular complexity index is 308. The van der Waals surface area contributed by atoms with Crippen LogP contribution in [0, 0.1) is 0 Å². The minimum absolute atomic E-state index is 0.331. The Hall–Kier alpha value is -0.620. The van der Waals surface area contributed by atoms with Crippen molar-refractivity contribution in [3.05, 3.63) is 0 Å². The maximum absolute atomic E-state index is 11.4. The van der Waals surface area contributed by atoms with Crippen molar-refractivity contribution in [2.45, 2.75) is 46.3 Å². The first-order valence-electron chi connectivity index (χ1n) is 5.45. The van der Waals surface area contributed by atoms with Gasteiger partial charge in [-0.25, -0.2) is 4.79 Å². The second-order valence-electron chi connectivity index (χ2n) is 4.83. The molecule has 7 nitrogen and oxygen atoms in total. The lowest BCUT2D eigenvalue weighted by atomic mass is 10.2. The zero-order chi connectivity index (χ0) is 14.4. The van der Waals surface area contributed by atoms with E-state index in [2.05, 4.69) is 14.0 Å². The number of carbonyl (C=O) groups excluding carboxylic acids is 1. The summed E-state index contributed by atoms with van der Waals surface area (Å²) in [6.07, 6.45) is -1.76. The van der Waals surface area contributed by atoms with Gasteiger partial charge in [0.1, 0.15) is 6.35 Å². The predicted molar refractivity (Wildman–Crippen MR) is 64.2 cm³/mol. The Balaban J connectivity index is 3.90. The number of hydrogen-bond acceptors (Lipinski definition) is 6. The van der Waals surface area contributed by atoms with Crippen LogP contribution in [0.5, 0.6) is 0 Å². The van der Waals surface area contributed by atoms with E-state index >= 15 is 0 Å². The van der Waals surface area contributed by atoms with Crippen LogP contribution in [0.15, 0.2) is 0 Å². The number of rotatable bonds is 6. The highest BCUT2D eigenvalue weighted by atomic mass is 31.2. The molecule has 0 fully saturated rings. The highest BCUT2D eigenvalue weighted by molar-refractivity contribution is 7.52. The van der Waals surface area contributed by atoms with E-state index in [0.29, 0.717) is 0 Å². The van der Waals surface area contributed by atoms with Gasteiger partial charge in [-0.3, -0.25) is 9.09 Å². The van der Waals surface area contributed by atoms with Crippen LogP contribution >= 0.6 is 7.60 Å². The number of hydrogen-bond donors (Lipinski definition) is 1. The first kappa shape index (κ1) is 17.4. The van der Waals surface area contributed by atoms with Crippen molar-refractivity contribution in [1.29, 1.82) is 0 Å². The van der Waals surface area contributed by atoms with E-state index in [9.17, 15) is 14.3 Å². The summed E-state index contributed by atoms with van der Waals surface area (Å²) in [6.45, 7) is 7.86. The van der Waals surface area contributed by atoms with Gasteiger partial charge in [0.15, 0.2) is 0 Å². The molecule has 0 spiro atoms. The van der Waals surface area contributed by atoms with Crippen molar-refractivity contribution >= 4 is 13.8 Å². The second-order valence-corrected chi connectivity index (χ2v) is 6.62. The molecule has 0 saturated heterocycles. The van der Waals surface area contributed by atoms with Gasteiger partial charge < -0.3 is 19.1 Å². The van der Waals surface area contributed by atoms with Gasteiger partial charge in [-0.15, -0.1) is 0 Å². The third-order valence-corrected chi connectivity index (χ3v) is 2.39. The molecule has 1 atom stereocenters. The first-order valence-corrected chi connectivity index (χ1v) is 7.22. The minimum Gasteiger partial charge on any atom is -0.432 e. The molecule has 8 heteroatoms. The van der Waals surface area contributed by atoms with Crippen LogP contribution in [0.25, 0.3) is 0 Å². The molecule has 0 radical (unpaired) electrons. The summed E-state index contributed by atoms with van der Waals surface area (Å²) < 4.78 is 30.2. The fourth-order valence-electron chi connectivity index (χ4n) is 0.696. The summed E-state index contributed by atoms with van der Waals surface area (Å²) in [6, 6.07) is 0. The normalized spacial score (nSPS) is 15.3. The molecular formula is C10H21O7P. The Kier molecular flexibility index (Phi) is 6.84. The molecule has 0 rings (SSSR count). The maximum Gasteiger partial charge on any atom is 0.510 e. The van der Waals surface area contributed by atoms with Crippen LogP contribution < -0.4 is 0 Å². The minimum atomic E-state index is -3.93. The Morgan fingerprint density at radius 1 is 1.33 bits per heavy atom. The fourth-order valence-corrected chi connectivity index (χ4v) is 1.54. The first-order chi connectivity index (χ1) is 8.02. The predicted octanol–water partition coefficient (Wildman–Crippen LogP) is 2.48. The molecule has 0 bridgehead atoms. The second kappa shape index (κ2) is 7.09. The lowest BCUT2D eigenvalue weighted by Gasteiger charge is -2.21. The van der Waals surface area contributed by atoms with Gasteiger partial charge in [0.25, 0.3) is 0 Å². The summed E-state index contributed by atoms with van der Waals surface area (Å²) >= 11 is 0. The molecule has 0 amide bonds. The molecule has 0 aliphatic heterocycles. The Morgan fingerprint density at radius 3 is 2.33 bits per heavy atom. The van der Waals surface area contributed by atoms with E-state index in [1.54, 1.807) is 34.6 Å². The van der Waals surface area contributed by atoms with Crippen molar-refractivity contribution in [2.24, 2.45) is 0 Å². The standard InChI is InChI=1S/C10H21O7P/c1-8(2)17-9(11)14-6-16-18(12,13)7-15-10(3,4)5/h8H,6-7H2,1-5H3,(H,12,13). The van der Waals surface area contributed by atoms with Gasteiger partial charge in [0.05, 0.1) is 11.7 Å². The third-order valence-electron chi connectivity index (χ3n) is 1.42. The summed E-state index contributed by atoms with van der Waals surface area (Å²) in [4.78, 5) is 20.3. The molecule has 0 heterocycles. The Morgan fingerprint density at radius 2 is 1.89 bits per heavy atom. The maximum atomic E-state index is 11.4. The average molecular weight is 284 g/mol. The van der Waals surface area contributed by atoms with Crippen LogP contribution in [0.1, 0.15) is 34.6 Å². The third kappa shape index (κ3) is 10.5. The van der Waals surface area contributed by atoms with E-state index in [1.807, 2.05) is 0 Å². The molecule has 0 saturated carbocycles. The molecule has 108 valence electrons. The molecule has 0 aliphatic carbocycles. The number of carbonyl (C=O) groups is 1. The largest absolute Gasteiger partial charge is 0.510 e. The van der Waals surface area contributed by atoms with Crippen molar-refractivity contribution < 1.29 is 33.0 Å². The average Bonchev–Trinajstić information content (AvgIpc) is 2.12. The number of ether oxygens (including phenoxy) is 3. The van der Waals surface area contributed by atoms with Gasteiger partial charge in [-0.05, 0) is 34.6 Å². The van der Waals surface area contributed by atoms with Gasteiger partial charge in [-0.2, -0.15) is 0 Å². The molecule has 1 unspecified atom stereocenters.